The van der Waals surface area contributed by atoms with E-state index in [4.69, 9.17) is 20.0 Å². The first-order chi connectivity index (χ1) is 14.6. The molecule has 2 aliphatic heterocycles. The largest absolute Gasteiger partial charge is 0.461 e. The molecule has 0 bridgehead atoms. The Morgan fingerprint density at radius 1 is 1.13 bits per heavy atom. The fourth-order valence-electron chi connectivity index (χ4n) is 3.50. The summed E-state index contributed by atoms with van der Waals surface area (Å²) >= 11 is 0. The second kappa shape index (κ2) is 9.23. The van der Waals surface area contributed by atoms with Crippen molar-refractivity contribution in [3.63, 3.8) is 0 Å². The molecule has 1 fully saturated rings. The number of ether oxygens (including phenoxy) is 2. The average molecular weight is 414 g/mol. The van der Waals surface area contributed by atoms with Gasteiger partial charge < -0.3 is 20.0 Å². The van der Waals surface area contributed by atoms with Crippen molar-refractivity contribution in [1.82, 2.24) is 20.0 Å². The van der Waals surface area contributed by atoms with Gasteiger partial charge in [0.15, 0.2) is 0 Å². The zero-order chi connectivity index (χ0) is 20.9. The van der Waals surface area contributed by atoms with Crippen LogP contribution >= 0.6 is 0 Å². The maximum atomic E-state index is 12.6. The molecule has 4 heterocycles. The second-order valence-corrected chi connectivity index (χ2v) is 7.28. The van der Waals surface area contributed by atoms with E-state index in [9.17, 15) is 4.79 Å². The van der Waals surface area contributed by atoms with Gasteiger partial charge in [0.05, 0.1) is 19.6 Å². The van der Waals surface area contributed by atoms with E-state index in [0.717, 1.165) is 31.5 Å². The van der Waals surface area contributed by atoms with Crippen molar-refractivity contribution in [3.05, 3.63) is 29.5 Å². The number of rotatable bonds is 8. The van der Waals surface area contributed by atoms with Gasteiger partial charge in [0.1, 0.15) is 18.2 Å². The molecule has 2 aromatic rings. The first-order valence-electron chi connectivity index (χ1n) is 10.1. The normalized spacial score (nSPS) is 16.6. The molecule has 0 saturated carbocycles. The van der Waals surface area contributed by atoms with Gasteiger partial charge in [-0.2, -0.15) is 9.97 Å². The minimum Gasteiger partial charge on any atom is -0.461 e. The highest BCUT2D eigenvalue weighted by molar-refractivity contribution is 6.01. The van der Waals surface area contributed by atoms with Crippen LogP contribution in [-0.4, -0.2) is 59.3 Å². The van der Waals surface area contributed by atoms with Crippen molar-refractivity contribution in [3.8, 4) is 11.9 Å². The summed E-state index contributed by atoms with van der Waals surface area (Å²) in [6.07, 6.45) is 5.40. The number of aromatic nitrogens is 3. The van der Waals surface area contributed by atoms with Crippen LogP contribution in [0.2, 0.25) is 0 Å². The lowest BCUT2D eigenvalue weighted by molar-refractivity contribution is -0.117. The number of fused-ring (bicyclic) bond motifs is 1. The quantitative estimate of drug-likeness (QED) is 0.639. The van der Waals surface area contributed by atoms with Gasteiger partial charge in [0.25, 0.3) is 0 Å². The number of nitrogen functional groups attached to an aromatic ring is 1. The molecule has 30 heavy (non-hydrogen) atoms. The van der Waals surface area contributed by atoms with Crippen LogP contribution in [0.25, 0.3) is 0 Å². The van der Waals surface area contributed by atoms with Crippen LogP contribution < -0.4 is 20.2 Å². The molecule has 160 valence electrons. The van der Waals surface area contributed by atoms with Gasteiger partial charge in [-0.05, 0) is 18.4 Å². The van der Waals surface area contributed by atoms with Gasteiger partial charge in [-0.25, -0.2) is 4.98 Å². The van der Waals surface area contributed by atoms with E-state index in [1.165, 1.54) is 6.42 Å². The fourth-order valence-corrected chi connectivity index (χ4v) is 3.50. The van der Waals surface area contributed by atoms with Gasteiger partial charge in [-0.15, -0.1) is 5.06 Å². The summed E-state index contributed by atoms with van der Waals surface area (Å²) in [5, 5.41) is 1.94. The molecule has 0 radical (unpaired) electrons. The zero-order valence-corrected chi connectivity index (χ0v) is 17.0. The number of hydrogen-bond acceptors (Lipinski definition) is 9. The number of carbonyl (C=O) groups excluding carboxylic acids is 1. The molecule has 0 spiro atoms. The molecular formula is C20H26N6O4. The van der Waals surface area contributed by atoms with Crippen LogP contribution in [0.3, 0.4) is 0 Å². The molecule has 10 nitrogen and oxygen atoms in total. The monoisotopic (exact) mass is 414 g/mol. The molecule has 1 amide bonds. The lowest BCUT2D eigenvalue weighted by atomic mass is 10.2. The molecule has 2 aromatic heterocycles. The van der Waals surface area contributed by atoms with Gasteiger partial charge in [-0.3, -0.25) is 9.69 Å². The number of nitrogens with zero attached hydrogens (tertiary/aromatic N) is 5. The number of nitrogens with two attached hydrogens (primary N) is 1. The van der Waals surface area contributed by atoms with E-state index in [-0.39, 0.29) is 24.2 Å². The summed E-state index contributed by atoms with van der Waals surface area (Å²) in [5.41, 5.74) is 7.51. The Hall–Kier alpha value is -2.98. The van der Waals surface area contributed by atoms with Crippen molar-refractivity contribution < 1.29 is 19.1 Å². The third kappa shape index (κ3) is 4.60. The Labute approximate surface area is 174 Å². The van der Waals surface area contributed by atoms with Crippen molar-refractivity contribution in [2.75, 3.05) is 44.0 Å². The highest BCUT2D eigenvalue weighted by Crippen LogP contribution is 2.33. The Morgan fingerprint density at radius 3 is 2.70 bits per heavy atom. The SMILES string of the molecule is COCCOc1nc(N)c2c(n1)N(Cc1ccc(ON3CCCCC3)nc1)C(=O)C2. The number of carbonyl (C=O) groups is 1. The molecular weight excluding hydrogens is 388 g/mol. The van der Waals surface area contributed by atoms with Gasteiger partial charge in [0, 0.05) is 38.0 Å². The van der Waals surface area contributed by atoms with Crippen LogP contribution in [0.5, 0.6) is 11.9 Å². The lowest BCUT2D eigenvalue weighted by Gasteiger charge is -2.25. The van der Waals surface area contributed by atoms with E-state index >= 15 is 0 Å². The maximum Gasteiger partial charge on any atom is 0.320 e. The summed E-state index contributed by atoms with van der Waals surface area (Å²) in [6.45, 7) is 2.86. The lowest BCUT2D eigenvalue weighted by Crippen LogP contribution is -2.33. The van der Waals surface area contributed by atoms with E-state index in [2.05, 4.69) is 15.0 Å². The first-order valence-corrected chi connectivity index (χ1v) is 10.1. The van der Waals surface area contributed by atoms with E-state index in [1.807, 2.05) is 17.2 Å². The maximum absolute atomic E-state index is 12.6. The smallest absolute Gasteiger partial charge is 0.320 e. The van der Waals surface area contributed by atoms with E-state index in [1.54, 1.807) is 18.2 Å². The van der Waals surface area contributed by atoms with Gasteiger partial charge in [0.2, 0.25) is 11.8 Å². The van der Waals surface area contributed by atoms with Crippen molar-refractivity contribution in [2.24, 2.45) is 0 Å². The number of methoxy groups -OCH3 is 1. The van der Waals surface area contributed by atoms with Crippen molar-refractivity contribution in [2.45, 2.75) is 32.2 Å². The summed E-state index contributed by atoms with van der Waals surface area (Å²) < 4.78 is 10.4. The molecule has 2 N–H and O–H groups in total. The predicted molar refractivity (Wildman–Crippen MR) is 109 cm³/mol. The highest BCUT2D eigenvalue weighted by atomic mass is 16.7. The first kappa shape index (κ1) is 20.3. The van der Waals surface area contributed by atoms with Gasteiger partial charge >= 0.3 is 6.01 Å². The van der Waals surface area contributed by atoms with E-state index < -0.39 is 0 Å². The summed E-state index contributed by atoms with van der Waals surface area (Å²) in [6, 6.07) is 3.85. The van der Waals surface area contributed by atoms with Crippen LogP contribution in [0, 0.1) is 0 Å². The summed E-state index contributed by atoms with van der Waals surface area (Å²) in [4.78, 5) is 32.9. The van der Waals surface area contributed by atoms with Crippen molar-refractivity contribution in [1.29, 1.82) is 0 Å². The minimum absolute atomic E-state index is 0.0892. The molecule has 0 aromatic carbocycles. The average Bonchev–Trinajstić information content (AvgIpc) is 3.06. The molecule has 0 atom stereocenters. The molecule has 4 rings (SSSR count). The number of anilines is 2. The van der Waals surface area contributed by atoms with Crippen LogP contribution in [0.4, 0.5) is 11.6 Å². The molecule has 2 aliphatic rings. The Balaban J connectivity index is 1.45. The number of piperidine rings is 1. The van der Waals surface area contributed by atoms with Gasteiger partial charge in [-0.1, -0.05) is 12.5 Å². The third-order valence-electron chi connectivity index (χ3n) is 5.08. The predicted octanol–water partition coefficient (Wildman–Crippen LogP) is 1.35. The summed E-state index contributed by atoms with van der Waals surface area (Å²) in [7, 11) is 1.58. The van der Waals surface area contributed by atoms with Crippen LogP contribution in [0.15, 0.2) is 18.3 Å². The number of hydroxylamine groups is 2. The molecule has 10 heteroatoms. The molecule has 1 saturated heterocycles. The topological polar surface area (TPSA) is 116 Å². The second-order valence-electron chi connectivity index (χ2n) is 7.28. The molecule has 0 aliphatic carbocycles. The van der Waals surface area contributed by atoms with Crippen LogP contribution in [-0.2, 0) is 22.5 Å². The fraction of sp³-hybridized carbons (Fsp3) is 0.500. The van der Waals surface area contributed by atoms with Crippen LogP contribution in [0.1, 0.15) is 30.4 Å². The minimum atomic E-state index is -0.0892. The Kier molecular flexibility index (Phi) is 6.24. The standard InChI is InChI=1S/C20H26N6O4/c1-28-9-10-29-20-23-18(21)15-11-17(27)26(19(15)24-20)13-14-5-6-16(22-12-14)30-25-7-3-2-4-8-25/h5-6,12H,2-4,7-11,13H2,1H3,(H2,21,23,24). The zero-order valence-electron chi connectivity index (χ0n) is 17.0. The Morgan fingerprint density at radius 2 is 1.97 bits per heavy atom. The number of pyridine rings is 1. The summed E-state index contributed by atoms with van der Waals surface area (Å²) in [5.74, 6) is 1.20. The molecule has 0 unspecified atom stereocenters. The van der Waals surface area contributed by atoms with E-state index in [0.29, 0.717) is 37.0 Å². The Bertz CT molecular complexity index is 886. The third-order valence-corrected chi connectivity index (χ3v) is 5.08. The van der Waals surface area contributed by atoms with Crippen molar-refractivity contribution >= 4 is 17.5 Å². The highest BCUT2D eigenvalue weighted by Gasteiger charge is 2.32. The number of amides is 1. The number of hydrogen-bond donors (Lipinski definition) is 1.